The second-order valence-corrected chi connectivity index (χ2v) is 21.0. The lowest BCUT2D eigenvalue weighted by atomic mass is 9.70. The lowest BCUT2D eigenvalue weighted by Crippen LogP contribution is -2.26. The Kier molecular flexibility index (Phi) is 9.75. The van der Waals surface area contributed by atoms with Crippen LogP contribution in [0.25, 0.3) is 55.6 Å². The Balaban J connectivity index is 0.869. The Morgan fingerprint density at radius 3 is 1.30 bits per heavy atom. The second-order valence-electron chi connectivity index (χ2n) is 21.0. The van der Waals surface area contributed by atoms with Gasteiger partial charge < -0.3 is 4.90 Å². The highest BCUT2D eigenvalue weighted by molar-refractivity contribution is 5.96. The summed E-state index contributed by atoms with van der Waals surface area (Å²) in [4.78, 5) is 2.48. The molecule has 0 aromatic heterocycles. The van der Waals surface area contributed by atoms with Crippen molar-refractivity contribution in [2.45, 2.75) is 75.0 Å². The van der Waals surface area contributed by atoms with Crippen molar-refractivity contribution in [3.63, 3.8) is 0 Å². The van der Waals surface area contributed by atoms with Crippen LogP contribution in [0.4, 0.5) is 17.1 Å². The van der Waals surface area contributed by atoms with Gasteiger partial charge in [0.2, 0.25) is 0 Å². The molecular weight excluding hydrogens is 831 g/mol. The first-order valence-corrected chi connectivity index (χ1v) is 25.9. The number of anilines is 3. The topological polar surface area (TPSA) is 3.24 Å². The van der Waals surface area contributed by atoms with Gasteiger partial charge in [-0.2, -0.15) is 0 Å². The van der Waals surface area contributed by atoms with Crippen LogP contribution in [-0.4, -0.2) is 0 Å². The molecule has 0 heterocycles. The summed E-state index contributed by atoms with van der Waals surface area (Å²) in [5, 5.41) is 0. The Morgan fingerprint density at radius 2 is 0.783 bits per heavy atom. The van der Waals surface area contributed by atoms with Crippen molar-refractivity contribution < 1.29 is 0 Å². The van der Waals surface area contributed by atoms with Gasteiger partial charge in [0.1, 0.15) is 0 Å². The van der Waals surface area contributed by atoms with E-state index < -0.39 is 5.41 Å². The smallest absolute Gasteiger partial charge is 0.0726 e. The molecule has 0 aliphatic heterocycles. The molecule has 1 nitrogen and oxygen atoms in total. The van der Waals surface area contributed by atoms with Gasteiger partial charge in [-0.05, 0) is 181 Å². The molecule has 14 rings (SSSR count). The maximum atomic E-state index is 2.51. The Morgan fingerprint density at radius 1 is 0.333 bits per heavy atom. The van der Waals surface area contributed by atoms with Crippen LogP contribution in [0.15, 0.2) is 212 Å². The molecule has 1 spiro atoms. The zero-order valence-electron chi connectivity index (χ0n) is 39.3. The number of rotatable bonds is 8. The van der Waals surface area contributed by atoms with E-state index in [0.29, 0.717) is 5.92 Å². The molecule has 5 aliphatic rings. The van der Waals surface area contributed by atoms with Crippen molar-refractivity contribution in [2.24, 2.45) is 11.8 Å². The molecule has 3 fully saturated rings. The minimum absolute atomic E-state index is 0.420. The van der Waals surface area contributed by atoms with Crippen molar-refractivity contribution in [3.8, 4) is 55.6 Å². The van der Waals surface area contributed by atoms with Gasteiger partial charge in [0.15, 0.2) is 0 Å². The highest BCUT2D eigenvalue weighted by Crippen LogP contribution is 2.63. The van der Waals surface area contributed by atoms with E-state index >= 15 is 0 Å². The molecule has 69 heavy (non-hydrogen) atoms. The molecule has 2 bridgehead atoms. The van der Waals surface area contributed by atoms with Crippen LogP contribution >= 0.6 is 0 Å². The van der Waals surface area contributed by atoms with E-state index in [1.54, 1.807) is 0 Å². The Labute approximate surface area is 408 Å². The van der Waals surface area contributed by atoms with Crippen LogP contribution < -0.4 is 4.90 Å². The lowest BCUT2D eigenvalue weighted by Gasteiger charge is -2.32. The van der Waals surface area contributed by atoms with Crippen molar-refractivity contribution in [1.82, 2.24) is 0 Å². The quantitative estimate of drug-likeness (QED) is 0.147. The number of fused-ring (bicyclic) bond motifs is 12. The third-order valence-electron chi connectivity index (χ3n) is 17.4. The molecule has 3 atom stereocenters. The van der Waals surface area contributed by atoms with E-state index in [2.05, 4.69) is 217 Å². The summed E-state index contributed by atoms with van der Waals surface area (Å²) in [6, 6.07) is 81.3. The van der Waals surface area contributed by atoms with Crippen molar-refractivity contribution >= 4 is 17.1 Å². The third-order valence-corrected chi connectivity index (χ3v) is 17.4. The van der Waals surface area contributed by atoms with Gasteiger partial charge in [-0.25, -0.2) is 0 Å². The standard InChI is InChI=1S/C68H57N/c1-2-12-46(13-3-1)47-24-28-50(29-25-47)57-14-4-5-15-58(57)51-34-38-55(39-35-51)69(54-36-32-49(33-37-54)48-26-30-52(31-27-48)63-43-45-22-23-53(63)42-45)56-40-41-62-61-18-8-11-21-66(61)68(67(62)44-56)64-19-9-6-16-59(64)60-17-7-10-20-65(60)68/h4-11,14-21,24-41,44-46,53,63H,1-3,12-13,22-23,42-43H2. The monoisotopic (exact) mass is 887 g/mol. The van der Waals surface area contributed by atoms with E-state index in [1.807, 2.05) is 0 Å². The van der Waals surface area contributed by atoms with Gasteiger partial charge in [0, 0.05) is 17.1 Å². The first-order chi connectivity index (χ1) is 34.2. The van der Waals surface area contributed by atoms with E-state index in [0.717, 1.165) is 34.8 Å². The van der Waals surface area contributed by atoms with Crippen molar-refractivity contribution in [3.05, 3.63) is 246 Å². The zero-order valence-corrected chi connectivity index (χ0v) is 39.3. The summed E-state index contributed by atoms with van der Waals surface area (Å²) in [5.41, 5.74) is 24.3. The third kappa shape index (κ3) is 6.57. The Hall–Kier alpha value is -7.22. The molecule has 1 heteroatoms. The molecule has 0 amide bonds. The molecule has 3 saturated carbocycles. The van der Waals surface area contributed by atoms with Crippen LogP contribution in [0.1, 0.15) is 103 Å². The molecule has 0 N–H and O–H groups in total. The van der Waals surface area contributed by atoms with Gasteiger partial charge in [-0.3, -0.25) is 0 Å². The summed E-state index contributed by atoms with van der Waals surface area (Å²) in [6.07, 6.45) is 12.4. The first kappa shape index (κ1) is 40.8. The molecule has 5 aliphatic carbocycles. The largest absolute Gasteiger partial charge is 0.310 e. The highest BCUT2D eigenvalue weighted by Gasteiger charge is 2.51. The fourth-order valence-electron chi connectivity index (χ4n) is 14.2. The summed E-state index contributed by atoms with van der Waals surface area (Å²) in [7, 11) is 0. The highest BCUT2D eigenvalue weighted by atomic mass is 15.1. The van der Waals surface area contributed by atoms with Gasteiger partial charge in [-0.1, -0.05) is 202 Å². The number of benzene rings is 9. The molecule has 0 radical (unpaired) electrons. The predicted molar refractivity (Wildman–Crippen MR) is 288 cm³/mol. The lowest BCUT2D eigenvalue weighted by molar-refractivity contribution is 0.420. The van der Waals surface area contributed by atoms with E-state index in [-0.39, 0.29) is 0 Å². The fraction of sp³-hybridized carbons (Fsp3) is 0.206. The number of hydrogen-bond donors (Lipinski definition) is 0. The van der Waals surface area contributed by atoms with Gasteiger partial charge in [0.25, 0.3) is 0 Å². The minimum atomic E-state index is -0.420. The maximum Gasteiger partial charge on any atom is 0.0726 e. The van der Waals surface area contributed by atoms with Crippen LogP contribution in [0.5, 0.6) is 0 Å². The average Bonchev–Trinajstić information content (AvgIpc) is 4.21. The first-order valence-electron chi connectivity index (χ1n) is 25.9. The molecular formula is C68H57N. The normalized spacial score (nSPS) is 19.3. The van der Waals surface area contributed by atoms with Gasteiger partial charge in [-0.15, -0.1) is 0 Å². The SMILES string of the molecule is c1ccc(-c2ccc(N(c3ccc(-c4ccc(C5CC6CCC5C6)cc4)cc3)c3ccc4c(c3)C3(c5ccccc5-c5ccccc53)c3ccccc3-4)cc2)c(-c2ccc(C3CCCCC3)cc2)c1. The van der Waals surface area contributed by atoms with Gasteiger partial charge in [0.05, 0.1) is 5.41 Å². The van der Waals surface area contributed by atoms with Crippen LogP contribution in [0.3, 0.4) is 0 Å². The maximum absolute atomic E-state index is 2.51. The van der Waals surface area contributed by atoms with Crippen LogP contribution in [-0.2, 0) is 5.41 Å². The van der Waals surface area contributed by atoms with Crippen LogP contribution in [0, 0.1) is 11.8 Å². The number of nitrogens with zero attached hydrogens (tertiary/aromatic N) is 1. The van der Waals surface area contributed by atoms with Crippen molar-refractivity contribution in [2.75, 3.05) is 4.90 Å². The molecule has 9 aromatic rings. The van der Waals surface area contributed by atoms with Gasteiger partial charge >= 0.3 is 0 Å². The molecule has 334 valence electrons. The average molecular weight is 888 g/mol. The summed E-state index contributed by atoms with van der Waals surface area (Å²) in [6.45, 7) is 0. The molecule has 3 unspecified atom stereocenters. The zero-order chi connectivity index (χ0) is 45.5. The van der Waals surface area contributed by atoms with E-state index in [4.69, 9.17) is 0 Å². The van der Waals surface area contributed by atoms with E-state index in [1.165, 1.54) is 147 Å². The van der Waals surface area contributed by atoms with E-state index in [9.17, 15) is 0 Å². The summed E-state index contributed by atoms with van der Waals surface area (Å²) >= 11 is 0. The second kappa shape index (κ2) is 16.5. The molecule has 0 saturated heterocycles. The van der Waals surface area contributed by atoms with Crippen molar-refractivity contribution in [1.29, 1.82) is 0 Å². The van der Waals surface area contributed by atoms with Crippen LogP contribution in [0.2, 0.25) is 0 Å². The minimum Gasteiger partial charge on any atom is -0.310 e. The molecule has 9 aromatic carbocycles. The predicted octanol–water partition coefficient (Wildman–Crippen LogP) is 18.5. The summed E-state index contributed by atoms with van der Waals surface area (Å²) in [5.74, 6) is 3.29. The summed E-state index contributed by atoms with van der Waals surface area (Å²) < 4.78 is 0. The fourth-order valence-corrected chi connectivity index (χ4v) is 14.2. The Bertz CT molecular complexity index is 3310. The number of hydrogen-bond acceptors (Lipinski definition) is 1.